The highest BCUT2D eigenvalue weighted by atomic mass is 16.2. The Labute approximate surface area is 110 Å². The highest BCUT2D eigenvalue weighted by Crippen LogP contribution is 2.25. The highest BCUT2D eigenvalue weighted by Gasteiger charge is 2.11. The van der Waals surface area contributed by atoms with E-state index in [0.29, 0.717) is 16.9 Å². The molecule has 5 heteroatoms. The molecule has 0 saturated heterocycles. The molecule has 0 aliphatic carbocycles. The molecule has 1 aromatic carbocycles. The number of nitrogens with one attached hydrogen (secondary N) is 2. The fraction of sp³-hybridized carbons (Fsp3) is 0.143. The number of carbonyl (C=O) groups excluding carboxylic acids is 1. The number of H-pyrrole nitrogens is 1. The van der Waals surface area contributed by atoms with E-state index >= 15 is 0 Å². The molecule has 0 unspecified atom stereocenters. The van der Waals surface area contributed by atoms with Gasteiger partial charge in [0.05, 0.1) is 0 Å². The molecule has 98 valence electrons. The van der Waals surface area contributed by atoms with Crippen LogP contribution in [0.2, 0.25) is 0 Å². The highest BCUT2D eigenvalue weighted by molar-refractivity contribution is 6.05. The maximum atomic E-state index is 12.1. The number of anilines is 2. The van der Waals surface area contributed by atoms with Gasteiger partial charge >= 0.3 is 0 Å². The largest absolute Gasteiger partial charge is 0.398 e. The number of hydrogen-bond acceptors (Lipinski definition) is 3. The molecule has 0 bridgehead atoms. The lowest BCUT2D eigenvalue weighted by Crippen LogP contribution is -2.17. The van der Waals surface area contributed by atoms with Gasteiger partial charge in [-0.2, -0.15) is 0 Å². The SMILES string of the molecule is Cc1ccc(N)c(C)c1NC(=O)c1cc[nH]c(=O)c1. The Morgan fingerprint density at radius 3 is 2.68 bits per heavy atom. The molecule has 0 saturated carbocycles. The number of amides is 1. The van der Waals surface area contributed by atoms with E-state index in [0.717, 1.165) is 11.1 Å². The van der Waals surface area contributed by atoms with E-state index in [4.69, 9.17) is 5.73 Å². The first-order chi connectivity index (χ1) is 8.99. The summed E-state index contributed by atoms with van der Waals surface area (Å²) in [5.41, 5.74) is 8.86. The van der Waals surface area contributed by atoms with Gasteiger partial charge in [-0.25, -0.2) is 0 Å². The molecular formula is C14H15N3O2. The second-order valence-corrected chi connectivity index (χ2v) is 4.37. The summed E-state index contributed by atoms with van der Waals surface area (Å²) in [7, 11) is 0. The Bertz CT molecular complexity index is 689. The van der Waals surface area contributed by atoms with Gasteiger partial charge in [0.2, 0.25) is 5.56 Å². The normalized spacial score (nSPS) is 10.2. The van der Waals surface area contributed by atoms with Crippen LogP contribution in [0.5, 0.6) is 0 Å². The molecule has 19 heavy (non-hydrogen) atoms. The fourth-order valence-electron chi connectivity index (χ4n) is 1.83. The van der Waals surface area contributed by atoms with Gasteiger partial charge in [0, 0.05) is 29.2 Å². The molecule has 5 nitrogen and oxygen atoms in total. The first-order valence-electron chi connectivity index (χ1n) is 5.85. The summed E-state index contributed by atoms with van der Waals surface area (Å²) in [5.74, 6) is -0.331. The van der Waals surface area contributed by atoms with Crippen molar-refractivity contribution in [3.05, 3.63) is 57.5 Å². The molecule has 0 spiro atoms. The van der Waals surface area contributed by atoms with Crippen molar-refractivity contribution in [2.24, 2.45) is 0 Å². The van der Waals surface area contributed by atoms with Gasteiger partial charge in [-0.3, -0.25) is 9.59 Å². The number of rotatable bonds is 2. The third kappa shape index (κ3) is 2.65. The van der Waals surface area contributed by atoms with Crippen LogP contribution in [-0.2, 0) is 0 Å². The lowest BCUT2D eigenvalue weighted by molar-refractivity contribution is 0.102. The van der Waals surface area contributed by atoms with Crippen LogP contribution in [0.25, 0.3) is 0 Å². The molecule has 0 aliphatic heterocycles. The molecule has 2 rings (SSSR count). The molecular weight excluding hydrogens is 242 g/mol. The Morgan fingerprint density at radius 2 is 2.00 bits per heavy atom. The minimum absolute atomic E-state index is 0.310. The minimum Gasteiger partial charge on any atom is -0.398 e. The summed E-state index contributed by atoms with van der Waals surface area (Å²) < 4.78 is 0. The number of pyridine rings is 1. The van der Waals surface area contributed by atoms with Crippen molar-refractivity contribution >= 4 is 17.3 Å². The molecule has 0 radical (unpaired) electrons. The summed E-state index contributed by atoms with van der Waals surface area (Å²) in [5, 5.41) is 2.79. The van der Waals surface area contributed by atoms with E-state index in [1.54, 1.807) is 12.1 Å². The van der Waals surface area contributed by atoms with Crippen LogP contribution in [0.3, 0.4) is 0 Å². The maximum Gasteiger partial charge on any atom is 0.255 e. The van der Waals surface area contributed by atoms with Crippen molar-refractivity contribution < 1.29 is 4.79 Å². The zero-order valence-electron chi connectivity index (χ0n) is 10.8. The number of aromatic amines is 1. The molecule has 1 aromatic heterocycles. The topological polar surface area (TPSA) is 88.0 Å². The van der Waals surface area contributed by atoms with Crippen LogP contribution in [0, 0.1) is 13.8 Å². The average Bonchev–Trinajstić information content (AvgIpc) is 2.39. The van der Waals surface area contributed by atoms with Crippen molar-refractivity contribution in [2.75, 3.05) is 11.1 Å². The van der Waals surface area contributed by atoms with Crippen molar-refractivity contribution in [3.63, 3.8) is 0 Å². The van der Waals surface area contributed by atoms with Crippen molar-refractivity contribution in [2.45, 2.75) is 13.8 Å². The number of aryl methyl sites for hydroxylation is 1. The first-order valence-corrected chi connectivity index (χ1v) is 5.85. The zero-order chi connectivity index (χ0) is 14.0. The van der Waals surface area contributed by atoms with Crippen LogP contribution in [0.15, 0.2) is 35.3 Å². The number of nitrogen functional groups attached to an aromatic ring is 1. The van der Waals surface area contributed by atoms with Crippen molar-refractivity contribution in [1.29, 1.82) is 0 Å². The van der Waals surface area contributed by atoms with E-state index < -0.39 is 0 Å². The predicted octanol–water partition coefficient (Wildman–Crippen LogP) is 1.83. The first kappa shape index (κ1) is 12.9. The van der Waals surface area contributed by atoms with Gasteiger partial charge in [0.15, 0.2) is 0 Å². The third-order valence-corrected chi connectivity index (χ3v) is 2.99. The number of nitrogens with two attached hydrogens (primary N) is 1. The summed E-state index contributed by atoms with van der Waals surface area (Å²) in [4.78, 5) is 25.7. The fourth-order valence-corrected chi connectivity index (χ4v) is 1.83. The molecule has 2 aromatic rings. The van der Waals surface area contributed by atoms with Crippen LogP contribution in [0.4, 0.5) is 11.4 Å². The zero-order valence-corrected chi connectivity index (χ0v) is 10.8. The Balaban J connectivity index is 2.34. The molecule has 0 atom stereocenters. The molecule has 0 aliphatic rings. The van der Waals surface area contributed by atoms with Crippen LogP contribution in [-0.4, -0.2) is 10.9 Å². The van der Waals surface area contributed by atoms with Gasteiger partial charge in [0.25, 0.3) is 5.91 Å². The van der Waals surface area contributed by atoms with E-state index in [-0.39, 0.29) is 11.5 Å². The van der Waals surface area contributed by atoms with E-state index in [2.05, 4.69) is 10.3 Å². The minimum atomic E-state index is -0.331. The lowest BCUT2D eigenvalue weighted by Gasteiger charge is -2.13. The van der Waals surface area contributed by atoms with E-state index in [1.165, 1.54) is 12.3 Å². The average molecular weight is 257 g/mol. The second kappa shape index (κ2) is 4.97. The Morgan fingerprint density at radius 1 is 1.26 bits per heavy atom. The molecule has 4 N–H and O–H groups in total. The quantitative estimate of drug-likeness (QED) is 0.717. The summed E-state index contributed by atoms with van der Waals surface area (Å²) in [6.07, 6.45) is 1.44. The third-order valence-electron chi connectivity index (χ3n) is 2.99. The van der Waals surface area contributed by atoms with Gasteiger partial charge in [-0.1, -0.05) is 6.07 Å². The van der Waals surface area contributed by atoms with Crippen LogP contribution < -0.4 is 16.6 Å². The lowest BCUT2D eigenvalue weighted by atomic mass is 10.1. The molecule has 1 amide bonds. The second-order valence-electron chi connectivity index (χ2n) is 4.37. The Kier molecular flexibility index (Phi) is 3.37. The van der Waals surface area contributed by atoms with Crippen molar-refractivity contribution in [1.82, 2.24) is 4.98 Å². The number of benzene rings is 1. The van der Waals surface area contributed by atoms with Gasteiger partial charge in [-0.05, 0) is 37.1 Å². The van der Waals surface area contributed by atoms with Crippen LogP contribution in [0.1, 0.15) is 21.5 Å². The standard InChI is InChI=1S/C14H15N3O2/c1-8-3-4-11(15)9(2)13(8)17-14(19)10-5-6-16-12(18)7-10/h3-7H,15H2,1-2H3,(H,16,18)(H,17,19). The van der Waals surface area contributed by atoms with Gasteiger partial charge < -0.3 is 16.0 Å². The van der Waals surface area contributed by atoms with Crippen molar-refractivity contribution in [3.8, 4) is 0 Å². The summed E-state index contributed by atoms with van der Waals surface area (Å²) >= 11 is 0. The maximum absolute atomic E-state index is 12.1. The van der Waals surface area contributed by atoms with E-state index in [9.17, 15) is 9.59 Å². The van der Waals surface area contributed by atoms with E-state index in [1.807, 2.05) is 19.9 Å². The number of aromatic nitrogens is 1. The molecule has 1 heterocycles. The monoisotopic (exact) mass is 257 g/mol. The molecule has 0 fully saturated rings. The smallest absolute Gasteiger partial charge is 0.255 e. The Hall–Kier alpha value is -2.56. The summed E-state index contributed by atoms with van der Waals surface area (Å²) in [6.45, 7) is 3.73. The number of hydrogen-bond donors (Lipinski definition) is 3. The van der Waals surface area contributed by atoms with Gasteiger partial charge in [-0.15, -0.1) is 0 Å². The summed E-state index contributed by atoms with van der Waals surface area (Å²) in [6, 6.07) is 6.45. The van der Waals surface area contributed by atoms with Gasteiger partial charge in [0.1, 0.15) is 0 Å². The van der Waals surface area contributed by atoms with Crippen LogP contribution >= 0.6 is 0 Å². The number of carbonyl (C=O) groups is 1. The predicted molar refractivity (Wildman–Crippen MR) is 75.3 cm³/mol.